The fourth-order valence-corrected chi connectivity index (χ4v) is 2.08. The van der Waals surface area contributed by atoms with Gasteiger partial charge in [-0.1, -0.05) is 12.8 Å². The SMILES string of the molecule is C1CCC2CCC2COC1. The van der Waals surface area contributed by atoms with E-state index in [1.165, 1.54) is 32.1 Å². The van der Waals surface area contributed by atoms with Gasteiger partial charge in [0, 0.05) is 13.2 Å². The molecule has 1 aliphatic heterocycles. The zero-order valence-corrected chi connectivity index (χ0v) is 6.51. The average Bonchev–Trinajstić information content (AvgIpc) is 1.89. The van der Waals surface area contributed by atoms with Crippen LogP contribution in [0, 0.1) is 11.8 Å². The fraction of sp³-hybridized carbons (Fsp3) is 1.00. The molecule has 2 unspecified atom stereocenters. The second-order valence-electron chi connectivity index (χ2n) is 3.67. The molecule has 2 fully saturated rings. The lowest BCUT2D eigenvalue weighted by atomic mass is 9.71. The predicted octanol–water partition coefficient (Wildman–Crippen LogP) is 2.21. The van der Waals surface area contributed by atoms with Gasteiger partial charge >= 0.3 is 0 Å². The highest BCUT2D eigenvalue weighted by molar-refractivity contribution is 4.81. The molecular formula is C9H16O. The first kappa shape index (κ1) is 6.66. The van der Waals surface area contributed by atoms with Crippen LogP contribution in [0.15, 0.2) is 0 Å². The summed E-state index contributed by atoms with van der Waals surface area (Å²) in [6.07, 6.45) is 7.09. The lowest BCUT2D eigenvalue weighted by molar-refractivity contribution is 0.0100. The second-order valence-corrected chi connectivity index (χ2v) is 3.67. The monoisotopic (exact) mass is 140 g/mol. The molecule has 1 heterocycles. The molecule has 0 amide bonds. The standard InChI is InChI=1S/C9H16O/c1-2-6-10-7-9-5-4-8(9)3-1/h8-9H,1-7H2. The smallest absolute Gasteiger partial charge is 0.0496 e. The highest BCUT2D eigenvalue weighted by Crippen LogP contribution is 2.38. The summed E-state index contributed by atoms with van der Waals surface area (Å²) in [7, 11) is 0. The zero-order chi connectivity index (χ0) is 6.81. The molecule has 10 heavy (non-hydrogen) atoms. The van der Waals surface area contributed by atoms with Crippen molar-refractivity contribution in [2.24, 2.45) is 11.8 Å². The first-order chi connectivity index (χ1) is 4.97. The van der Waals surface area contributed by atoms with E-state index < -0.39 is 0 Å². The average molecular weight is 140 g/mol. The summed E-state index contributed by atoms with van der Waals surface area (Å²) in [5, 5.41) is 0. The van der Waals surface area contributed by atoms with Crippen molar-refractivity contribution in [3.05, 3.63) is 0 Å². The van der Waals surface area contributed by atoms with Crippen LogP contribution in [0.1, 0.15) is 32.1 Å². The van der Waals surface area contributed by atoms with Crippen molar-refractivity contribution in [1.29, 1.82) is 0 Å². The molecule has 1 heteroatoms. The molecule has 2 rings (SSSR count). The van der Waals surface area contributed by atoms with Gasteiger partial charge in [0.1, 0.15) is 0 Å². The summed E-state index contributed by atoms with van der Waals surface area (Å²) < 4.78 is 5.51. The number of fused-ring (bicyclic) bond motifs is 1. The Bertz CT molecular complexity index is 97.3. The molecule has 1 saturated heterocycles. The van der Waals surface area contributed by atoms with Gasteiger partial charge in [-0.2, -0.15) is 0 Å². The second kappa shape index (κ2) is 2.91. The van der Waals surface area contributed by atoms with Crippen LogP contribution in [0.3, 0.4) is 0 Å². The van der Waals surface area contributed by atoms with Crippen LogP contribution in [0.5, 0.6) is 0 Å². The van der Waals surface area contributed by atoms with Crippen LogP contribution in [0.2, 0.25) is 0 Å². The van der Waals surface area contributed by atoms with Crippen LogP contribution in [0.25, 0.3) is 0 Å². The van der Waals surface area contributed by atoms with Gasteiger partial charge in [0.2, 0.25) is 0 Å². The van der Waals surface area contributed by atoms with Gasteiger partial charge in [-0.15, -0.1) is 0 Å². The van der Waals surface area contributed by atoms with Crippen LogP contribution in [0.4, 0.5) is 0 Å². The summed E-state index contributed by atoms with van der Waals surface area (Å²) in [5.41, 5.74) is 0. The highest BCUT2D eigenvalue weighted by atomic mass is 16.5. The molecule has 1 aliphatic carbocycles. The third kappa shape index (κ3) is 1.20. The summed E-state index contributed by atoms with van der Waals surface area (Å²) in [4.78, 5) is 0. The Morgan fingerprint density at radius 3 is 2.60 bits per heavy atom. The number of rotatable bonds is 0. The molecule has 1 saturated carbocycles. The maximum absolute atomic E-state index is 5.51. The first-order valence-electron chi connectivity index (χ1n) is 4.54. The van der Waals surface area contributed by atoms with E-state index in [4.69, 9.17) is 4.74 Å². The maximum atomic E-state index is 5.51. The molecule has 0 aromatic heterocycles. The van der Waals surface area contributed by atoms with Crippen molar-refractivity contribution in [3.8, 4) is 0 Å². The lowest BCUT2D eigenvalue weighted by Gasteiger charge is -2.37. The van der Waals surface area contributed by atoms with Crippen molar-refractivity contribution in [3.63, 3.8) is 0 Å². The van der Waals surface area contributed by atoms with E-state index >= 15 is 0 Å². The third-order valence-electron chi connectivity index (χ3n) is 3.02. The Balaban J connectivity index is 1.83. The Kier molecular flexibility index (Phi) is 1.94. The molecule has 58 valence electrons. The van der Waals surface area contributed by atoms with E-state index in [9.17, 15) is 0 Å². The maximum Gasteiger partial charge on any atom is 0.0496 e. The van der Waals surface area contributed by atoms with E-state index in [0.29, 0.717) is 0 Å². The van der Waals surface area contributed by atoms with Gasteiger partial charge in [0.25, 0.3) is 0 Å². The number of ether oxygens (including phenoxy) is 1. The number of hydrogen-bond donors (Lipinski definition) is 0. The third-order valence-corrected chi connectivity index (χ3v) is 3.02. The molecule has 1 nitrogen and oxygen atoms in total. The summed E-state index contributed by atoms with van der Waals surface area (Å²) in [6, 6.07) is 0. The van der Waals surface area contributed by atoms with E-state index in [1.54, 1.807) is 0 Å². The molecule has 0 aromatic rings. The van der Waals surface area contributed by atoms with Crippen LogP contribution in [-0.4, -0.2) is 13.2 Å². The van der Waals surface area contributed by atoms with E-state index in [2.05, 4.69) is 0 Å². The van der Waals surface area contributed by atoms with Crippen LogP contribution < -0.4 is 0 Å². The van der Waals surface area contributed by atoms with Crippen LogP contribution >= 0.6 is 0 Å². The summed E-state index contributed by atoms with van der Waals surface area (Å²) >= 11 is 0. The van der Waals surface area contributed by atoms with Gasteiger partial charge < -0.3 is 4.74 Å². The largest absolute Gasteiger partial charge is 0.381 e. The molecule has 2 atom stereocenters. The van der Waals surface area contributed by atoms with E-state index in [-0.39, 0.29) is 0 Å². The Morgan fingerprint density at radius 2 is 1.80 bits per heavy atom. The fourth-order valence-electron chi connectivity index (χ4n) is 2.08. The molecule has 0 spiro atoms. The van der Waals surface area contributed by atoms with Crippen molar-refractivity contribution in [2.45, 2.75) is 32.1 Å². The van der Waals surface area contributed by atoms with Gasteiger partial charge in [-0.3, -0.25) is 0 Å². The van der Waals surface area contributed by atoms with Gasteiger partial charge in [0.15, 0.2) is 0 Å². The summed E-state index contributed by atoms with van der Waals surface area (Å²) in [6.45, 7) is 2.08. The van der Waals surface area contributed by atoms with Gasteiger partial charge in [0.05, 0.1) is 0 Å². The lowest BCUT2D eigenvalue weighted by Crippen LogP contribution is -2.31. The molecule has 0 aromatic carbocycles. The first-order valence-corrected chi connectivity index (χ1v) is 4.54. The quantitative estimate of drug-likeness (QED) is 0.501. The van der Waals surface area contributed by atoms with E-state index in [0.717, 1.165) is 25.0 Å². The molecule has 0 bridgehead atoms. The Hall–Kier alpha value is -0.0400. The Morgan fingerprint density at radius 1 is 0.900 bits per heavy atom. The minimum Gasteiger partial charge on any atom is -0.381 e. The minimum absolute atomic E-state index is 0.945. The minimum atomic E-state index is 0.945. The summed E-state index contributed by atoms with van der Waals surface area (Å²) in [5.74, 6) is 1.99. The van der Waals surface area contributed by atoms with Gasteiger partial charge in [-0.05, 0) is 31.1 Å². The Labute approximate surface area is 62.8 Å². The van der Waals surface area contributed by atoms with Crippen LogP contribution in [-0.2, 0) is 4.74 Å². The molecule has 2 aliphatic rings. The zero-order valence-electron chi connectivity index (χ0n) is 6.51. The van der Waals surface area contributed by atoms with Crippen molar-refractivity contribution < 1.29 is 4.74 Å². The van der Waals surface area contributed by atoms with Gasteiger partial charge in [-0.25, -0.2) is 0 Å². The molecular weight excluding hydrogens is 124 g/mol. The normalized spacial score (nSPS) is 40.8. The molecule has 0 radical (unpaired) electrons. The highest BCUT2D eigenvalue weighted by Gasteiger charge is 2.30. The number of hydrogen-bond acceptors (Lipinski definition) is 1. The molecule has 0 N–H and O–H groups in total. The van der Waals surface area contributed by atoms with Crippen molar-refractivity contribution in [2.75, 3.05) is 13.2 Å². The van der Waals surface area contributed by atoms with E-state index in [1.807, 2.05) is 0 Å². The van der Waals surface area contributed by atoms with Crippen molar-refractivity contribution >= 4 is 0 Å². The topological polar surface area (TPSA) is 9.23 Å². The van der Waals surface area contributed by atoms with Crippen molar-refractivity contribution in [1.82, 2.24) is 0 Å². The predicted molar refractivity (Wildman–Crippen MR) is 40.9 cm³/mol.